The number of carboxylic acids is 2. The van der Waals surface area contributed by atoms with Gasteiger partial charge in [-0.3, -0.25) is 9.89 Å². The van der Waals surface area contributed by atoms with Crippen molar-refractivity contribution < 1.29 is 50.6 Å². The summed E-state index contributed by atoms with van der Waals surface area (Å²) < 4.78 is 5.01. The van der Waals surface area contributed by atoms with Crippen LogP contribution in [0.5, 0.6) is 0 Å². The molecule has 11 nitrogen and oxygen atoms in total. The minimum Gasteiger partial charge on any atom is -0.625 e. The van der Waals surface area contributed by atoms with Gasteiger partial charge >= 0.3 is 18.0 Å². The first-order valence-electron chi connectivity index (χ1n) is 17.7. The molecule has 0 radical (unpaired) electrons. The average molecular weight is 779 g/mol. The van der Waals surface area contributed by atoms with Gasteiger partial charge in [0.2, 0.25) is 0 Å². The zero-order chi connectivity index (χ0) is 38.4. The molecule has 0 aromatic heterocycles. The van der Waals surface area contributed by atoms with Gasteiger partial charge in [0.25, 0.3) is 0 Å². The summed E-state index contributed by atoms with van der Waals surface area (Å²) in [5.41, 5.74) is 0.504. The number of benzene rings is 3. The Labute approximate surface area is 326 Å². The number of ether oxygens (including phenoxy) is 1. The monoisotopic (exact) mass is 777 g/mol. The normalized spacial score (nSPS) is 24.4. The molecule has 12 heteroatoms. The third-order valence-electron chi connectivity index (χ3n) is 9.67. The third-order valence-corrected chi connectivity index (χ3v) is 9.67. The molecule has 1 aliphatic heterocycles. The van der Waals surface area contributed by atoms with Gasteiger partial charge in [-0.2, -0.15) is 0 Å². The number of carbonyl (C=O) groups excluding carboxylic acids is 2. The number of likely N-dealkylation sites (tertiary alicyclic amines) is 1. The molecule has 0 bridgehead atoms. The number of carbonyl (C=O) groups is 4. The Balaban J connectivity index is 0.000000323. The summed E-state index contributed by atoms with van der Waals surface area (Å²) >= 11 is 0. The Morgan fingerprint density at radius 3 is 2.07 bits per heavy atom. The number of aliphatic imine (C=N–C) groups is 1. The van der Waals surface area contributed by atoms with Crippen LogP contribution in [0.25, 0.3) is 5.32 Å². The zero-order valence-electron chi connectivity index (χ0n) is 30.7. The number of carboxylic acid groups (broad SMARTS) is 2. The van der Waals surface area contributed by atoms with Gasteiger partial charge in [0.1, 0.15) is 11.1 Å². The maximum atomic E-state index is 13.5. The number of nitrogens with one attached hydrogen (secondary N) is 1. The maximum Gasteiger partial charge on any atom is 0.408 e. The Morgan fingerprint density at radius 2 is 1.52 bits per heavy atom. The fraction of sp³-hybridized carbons (Fsp3) is 0.357. The smallest absolute Gasteiger partial charge is 0.408 e. The molecule has 3 aliphatic rings. The summed E-state index contributed by atoms with van der Waals surface area (Å²) in [6, 6.07) is 26.7. The topological polar surface area (TPSA) is 160 Å². The molecule has 54 heavy (non-hydrogen) atoms. The standard InChI is InChI=1S/C31H31N3O3.C11H17NO4.Ni/c1-2-24-20-31(24,30(36)37)33-28(23-14-7-4-8-15-23)25-16-9-10-17-26(25)32-29(35)27-18-11-19-34(27)21-22-12-5-3-6-13-22;1-5-7-6-11(7,8(13)14)12-9(15)16-10(2,3)4;/h2-10,12-17,24,27H,1,11,18-21H2,(H2,32,33,35,36,37);5,7H,1,6H2,2-4H3,(H,12,15)(H,13,14);/p-1/t24-,27?,31?;7-,11-;/m10./s1. The van der Waals surface area contributed by atoms with E-state index in [0.717, 1.165) is 24.9 Å². The van der Waals surface area contributed by atoms with Crippen molar-refractivity contribution >= 4 is 35.3 Å². The van der Waals surface area contributed by atoms with Gasteiger partial charge in [-0.25, -0.2) is 14.4 Å². The van der Waals surface area contributed by atoms with E-state index in [-0.39, 0.29) is 40.3 Å². The van der Waals surface area contributed by atoms with Gasteiger partial charge in [-0.15, -0.1) is 18.8 Å². The van der Waals surface area contributed by atoms with Gasteiger partial charge in [0.05, 0.1) is 17.7 Å². The van der Waals surface area contributed by atoms with Gasteiger partial charge < -0.3 is 30.4 Å². The van der Waals surface area contributed by atoms with E-state index in [4.69, 9.17) is 14.8 Å². The molecule has 1 heterocycles. The van der Waals surface area contributed by atoms with Crippen molar-refractivity contribution in [2.45, 2.75) is 75.7 Å². The van der Waals surface area contributed by atoms with Crippen LogP contribution in [0.15, 0.2) is 115 Å². The number of nitrogens with zero attached hydrogens (tertiary/aromatic N) is 3. The first-order chi connectivity index (χ1) is 25.2. The summed E-state index contributed by atoms with van der Waals surface area (Å²) in [4.78, 5) is 55.2. The molecular formula is C42H47N4NiO7-. The second-order valence-electron chi connectivity index (χ2n) is 14.6. The van der Waals surface area contributed by atoms with E-state index >= 15 is 0 Å². The molecule has 3 aromatic carbocycles. The quantitative estimate of drug-likeness (QED) is 0.0983. The van der Waals surface area contributed by atoms with Crippen molar-refractivity contribution in [3.63, 3.8) is 0 Å². The first-order valence-corrected chi connectivity index (χ1v) is 17.7. The number of alkyl carbamates (subject to hydrolysis) is 1. The summed E-state index contributed by atoms with van der Waals surface area (Å²) in [5, 5.41) is 26.0. The van der Waals surface area contributed by atoms with Crippen LogP contribution in [-0.4, -0.2) is 74.0 Å². The maximum absolute atomic E-state index is 13.5. The van der Waals surface area contributed by atoms with Crippen LogP contribution in [-0.2, 0) is 42.2 Å². The fourth-order valence-electron chi connectivity index (χ4n) is 6.63. The summed E-state index contributed by atoms with van der Waals surface area (Å²) in [6.45, 7) is 14.0. The number of amides is 2. The van der Waals surface area contributed by atoms with Gasteiger partial charge in [-0.05, 0) is 64.1 Å². The van der Waals surface area contributed by atoms with E-state index in [1.165, 1.54) is 11.6 Å². The van der Waals surface area contributed by atoms with Crippen molar-refractivity contribution in [1.29, 1.82) is 0 Å². The van der Waals surface area contributed by atoms with Gasteiger partial charge in [0, 0.05) is 40.4 Å². The SMILES string of the molecule is C=C[C@@H]1CC1(N=C(c1ccccc1)c1ccccc1[N-]C(=O)C1CCCN1Cc1ccccc1)C(=O)O.C=C[C@H]1C[C@@]1(NC(=O)OC(C)(C)C)C(=O)O.[Ni]. The minimum absolute atomic E-state index is 0. The van der Waals surface area contributed by atoms with Crippen LogP contribution in [0, 0.1) is 11.8 Å². The van der Waals surface area contributed by atoms with E-state index < -0.39 is 34.7 Å². The van der Waals surface area contributed by atoms with Crippen LogP contribution in [0.1, 0.15) is 63.1 Å². The summed E-state index contributed by atoms with van der Waals surface area (Å²) in [5.74, 6) is -2.67. The van der Waals surface area contributed by atoms with Crippen LogP contribution in [0.2, 0.25) is 0 Å². The van der Waals surface area contributed by atoms with E-state index in [1.54, 1.807) is 32.9 Å². The van der Waals surface area contributed by atoms with E-state index in [1.807, 2.05) is 66.7 Å². The largest absolute Gasteiger partial charge is 0.625 e. The molecule has 2 aliphatic carbocycles. The Hall–Kier alpha value is -5.06. The Kier molecular flexibility index (Phi) is 13.4. The first kappa shape index (κ1) is 41.7. The molecule has 1 saturated heterocycles. The predicted octanol–water partition coefficient (Wildman–Crippen LogP) is 7.29. The van der Waals surface area contributed by atoms with Crippen molar-refractivity contribution in [2.75, 3.05) is 6.54 Å². The molecule has 2 saturated carbocycles. The molecule has 3 N–H and O–H groups in total. The minimum atomic E-state index is -1.25. The molecule has 6 rings (SSSR count). The molecule has 3 aromatic rings. The second kappa shape index (κ2) is 17.4. The van der Waals surface area contributed by atoms with Crippen LogP contribution < -0.4 is 5.32 Å². The van der Waals surface area contributed by atoms with E-state index in [9.17, 15) is 24.3 Å². The second-order valence-corrected chi connectivity index (χ2v) is 14.6. The Bertz CT molecular complexity index is 1880. The molecule has 0 spiro atoms. The number of rotatable bonds is 12. The van der Waals surface area contributed by atoms with Crippen molar-refractivity contribution in [1.82, 2.24) is 10.2 Å². The van der Waals surface area contributed by atoms with Gasteiger partial charge in [0.15, 0.2) is 5.54 Å². The number of hydrogen-bond donors (Lipinski definition) is 3. The molecule has 5 atom stereocenters. The number of para-hydroxylation sites is 1. The molecule has 3 fully saturated rings. The molecular weight excluding hydrogens is 731 g/mol. The summed E-state index contributed by atoms with van der Waals surface area (Å²) in [7, 11) is 0. The summed E-state index contributed by atoms with van der Waals surface area (Å²) in [6.07, 6.45) is 4.95. The van der Waals surface area contributed by atoms with Crippen molar-refractivity contribution in [2.24, 2.45) is 16.8 Å². The van der Waals surface area contributed by atoms with Crippen molar-refractivity contribution in [3.8, 4) is 0 Å². The van der Waals surface area contributed by atoms with Crippen LogP contribution in [0.3, 0.4) is 0 Å². The molecule has 288 valence electrons. The van der Waals surface area contributed by atoms with Crippen LogP contribution in [0.4, 0.5) is 10.5 Å². The Morgan fingerprint density at radius 1 is 0.907 bits per heavy atom. The molecule has 2 unspecified atom stereocenters. The fourth-order valence-corrected chi connectivity index (χ4v) is 6.63. The zero-order valence-corrected chi connectivity index (χ0v) is 31.7. The van der Waals surface area contributed by atoms with E-state index in [0.29, 0.717) is 36.3 Å². The van der Waals surface area contributed by atoms with Crippen molar-refractivity contribution in [3.05, 3.63) is 132 Å². The third kappa shape index (κ3) is 9.72. The number of aliphatic carboxylic acids is 2. The van der Waals surface area contributed by atoms with Crippen LogP contribution >= 0.6 is 0 Å². The average Bonchev–Trinajstić information content (AvgIpc) is 3.98. The predicted molar refractivity (Wildman–Crippen MR) is 203 cm³/mol. The van der Waals surface area contributed by atoms with Gasteiger partial charge in [-0.1, -0.05) is 97.1 Å². The molecule has 2 amide bonds. The van der Waals surface area contributed by atoms with E-state index in [2.05, 4.69) is 40.8 Å². The number of hydrogen-bond acceptors (Lipinski definition) is 7.